The summed E-state index contributed by atoms with van der Waals surface area (Å²) in [5.74, 6) is 1.71. The zero-order chi connectivity index (χ0) is 22.2. The maximum Gasteiger partial charge on any atom is 0.408 e. The third kappa shape index (κ3) is 8.31. The van der Waals surface area contributed by atoms with E-state index in [9.17, 15) is 4.79 Å². The van der Waals surface area contributed by atoms with E-state index in [0.29, 0.717) is 6.54 Å². The van der Waals surface area contributed by atoms with Crippen molar-refractivity contribution in [3.05, 3.63) is 30.1 Å². The van der Waals surface area contributed by atoms with Gasteiger partial charge in [0, 0.05) is 19.5 Å². The molecule has 1 heterocycles. The molecule has 2 aromatic rings. The fraction of sp³-hybridized carbons (Fsp3) is 0.591. The summed E-state index contributed by atoms with van der Waals surface area (Å²) in [5.41, 5.74) is 1.00. The van der Waals surface area contributed by atoms with Crippen molar-refractivity contribution in [3.8, 4) is 0 Å². The van der Waals surface area contributed by atoms with Gasteiger partial charge < -0.3 is 25.7 Å². The summed E-state index contributed by atoms with van der Waals surface area (Å²) in [7, 11) is 0. The maximum atomic E-state index is 12.0. The number of imidazole rings is 1. The lowest BCUT2D eigenvalue weighted by atomic mass is 10.1. The summed E-state index contributed by atoms with van der Waals surface area (Å²) in [6, 6.07) is 8.04. The van der Waals surface area contributed by atoms with E-state index in [1.165, 1.54) is 0 Å². The molecule has 0 aliphatic rings. The van der Waals surface area contributed by atoms with Crippen LogP contribution in [0.15, 0.2) is 29.3 Å². The van der Waals surface area contributed by atoms with Crippen LogP contribution < -0.4 is 16.0 Å². The molecule has 0 saturated carbocycles. The SMILES string of the molecule is CCNC(=NCC(C)(C)NC(=O)OC(C)(C)C)NCCCc1nc2ccccc2[nH]1. The standard InChI is InChI=1S/C22H36N6O2/c1-7-23-19(25-15-22(5,6)28-20(29)30-21(2,3)4)24-14-10-13-18-26-16-11-8-9-12-17(16)27-18/h8-9,11-12H,7,10,13-15H2,1-6H3,(H,26,27)(H,28,29)(H2,23,24,25). The molecule has 8 nitrogen and oxygen atoms in total. The predicted molar refractivity (Wildman–Crippen MR) is 122 cm³/mol. The Labute approximate surface area is 179 Å². The predicted octanol–water partition coefficient (Wildman–Crippen LogP) is 3.35. The first-order chi connectivity index (χ1) is 14.1. The normalized spacial score (nSPS) is 12.7. The molecule has 4 N–H and O–H groups in total. The van der Waals surface area contributed by atoms with Crippen molar-refractivity contribution >= 4 is 23.1 Å². The van der Waals surface area contributed by atoms with Crippen LogP contribution in [0.5, 0.6) is 0 Å². The van der Waals surface area contributed by atoms with E-state index in [1.54, 1.807) is 0 Å². The lowest BCUT2D eigenvalue weighted by Gasteiger charge is -2.27. The Bertz CT molecular complexity index is 818. The van der Waals surface area contributed by atoms with Crippen LogP contribution in [-0.2, 0) is 11.2 Å². The van der Waals surface area contributed by atoms with Crippen molar-refractivity contribution < 1.29 is 9.53 Å². The Balaban J connectivity index is 1.81. The monoisotopic (exact) mass is 416 g/mol. The number of aromatic nitrogens is 2. The van der Waals surface area contributed by atoms with Crippen LogP contribution in [0.4, 0.5) is 4.79 Å². The maximum absolute atomic E-state index is 12.0. The number of hydrogen-bond acceptors (Lipinski definition) is 4. The van der Waals surface area contributed by atoms with Gasteiger partial charge in [-0.3, -0.25) is 4.99 Å². The number of fused-ring (bicyclic) bond motifs is 1. The van der Waals surface area contributed by atoms with E-state index in [4.69, 9.17) is 4.74 Å². The van der Waals surface area contributed by atoms with Crippen molar-refractivity contribution in [1.29, 1.82) is 0 Å². The van der Waals surface area contributed by atoms with Gasteiger partial charge in [0.1, 0.15) is 11.4 Å². The first-order valence-electron chi connectivity index (χ1n) is 10.5. The average Bonchev–Trinajstić information content (AvgIpc) is 3.03. The molecule has 0 atom stereocenters. The quantitative estimate of drug-likeness (QED) is 0.300. The summed E-state index contributed by atoms with van der Waals surface area (Å²) >= 11 is 0. The third-order valence-corrected chi connectivity index (χ3v) is 4.14. The highest BCUT2D eigenvalue weighted by molar-refractivity contribution is 5.80. The number of aromatic amines is 1. The highest BCUT2D eigenvalue weighted by Gasteiger charge is 2.24. The van der Waals surface area contributed by atoms with Gasteiger partial charge in [-0.1, -0.05) is 12.1 Å². The van der Waals surface area contributed by atoms with Crippen LogP contribution in [0.25, 0.3) is 11.0 Å². The first kappa shape index (κ1) is 23.5. The molecule has 0 saturated heterocycles. The van der Waals surface area contributed by atoms with Gasteiger partial charge >= 0.3 is 6.09 Å². The summed E-state index contributed by atoms with van der Waals surface area (Å²) < 4.78 is 5.33. The van der Waals surface area contributed by atoms with E-state index >= 15 is 0 Å². The fourth-order valence-corrected chi connectivity index (χ4v) is 2.82. The van der Waals surface area contributed by atoms with Gasteiger partial charge in [-0.15, -0.1) is 0 Å². The minimum atomic E-state index is -0.529. The number of guanidine groups is 1. The Morgan fingerprint density at radius 1 is 1.17 bits per heavy atom. The number of rotatable bonds is 8. The number of alkyl carbamates (subject to hydrolysis) is 1. The number of nitrogens with one attached hydrogen (secondary N) is 4. The fourth-order valence-electron chi connectivity index (χ4n) is 2.82. The van der Waals surface area contributed by atoms with Crippen LogP contribution in [0.3, 0.4) is 0 Å². The number of H-pyrrole nitrogens is 1. The highest BCUT2D eigenvalue weighted by atomic mass is 16.6. The zero-order valence-corrected chi connectivity index (χ0v) is 19.1. The molecule has 0 unspecified atom stereocenters. The second kappa shape index (κ2) is 10.3. The molecule has 8 heteroatoms. The number of benzene rings is 1. The number of carbonyl (C=O) groups is 1. The number of nitrogens with zero attached hydrogens (tertiary/aromatic N) is 2. The Morgan fingerprint density at radius 2 is 1.90 bits per heavy atom. The zero-order valence-electron chi connectivity index (χ0n) is 19.1. The van der Waals surface area contributed by atoms with Gasteiger partial charge in [0.25, 0.3) is 0 Å². The number of aliphatic imine (C=N–C) groups is 1. The minimum absolute atomic E-state index is 0.422. The molecular weight excluding hydrogens is 380 g/mol. The Morgan fingerprint density at radius 3 is 2.57 bits per heavy atom. The molecule has 2 rings (SSSR count). The summed E-state index contributed by atoms with van der Waals surface area (Å²) in [6.07, 6.45) is 1.34. The van der Waals surface area contributed by atoms with E-state index in [2.05, 4.69) is 30.9 Å². The van der Waals surface area contributed by atoms with Crippen LogP contribution >= 0.6 is 0 Å². The van der Waals surface area contributed by atoms with Crippen molar-refractivity contribution in [2.45, 2.75) is 65.5 Å². The summed E-state index contributed by atoms with van der Waals surface area (Å²) in [4.78, 5) is 24.6. The average molecular weight is 417 g/mol. The van der Waals surface area contributed by atoms with Gasteiger partial charge in [-0.25, -0.2) is 9.78 Å². The summed E-state index contributed by atoms with van der Waals surface area (Å²) in [5, 5.41) is 9.46. The van der Waals surface area contributed by atoms with E-state index in [0.717, 1.165) is 48.7 Å². The number of hydrogen-bond donors (Lipinski definition) is 4. The van der Waals surface area contributed by atoms with Gasteiger partial charge in [0.05, 0.1) is 23.1 Å². The number of aryl methyl sites for hydroxylation is 1. The number of carbonyl (C=O) groups excluding carboxylic acids is 1. The van der Waals surface area contributed by atoms with Gasteiger partial charge in [-0.05, 0) is 60.1 Å². The van der Waals surface area contributed by atoms with Crippen molar-refractivity contribution in [3.63, 3.8) is 0 Å². The molecule has 0 radical (unpaired) electrons. The van der Waals surface area contributed by atoms with Crippen molar-refractivity contribution in [1.82, 2.24) is 25.9 Å². The van der Waals surface area contributed by atoms with E-state index in [1.807, 2.05) is 65.8 Å². The minimum Gasteiger partial charge on any atom is -0.444 e. The topological polar surface area (TPSA) is 103 Å². The Kier molecular flexibility index (Phi) is 8.08. The van der Waals surface area contributed by atoms with Gasteiger partial charge in [0.15, 0.2) is 5.96 Å². The molecule has 0 bridgehead atoms. The van der Waals surface area contributed by atoms with Gasteiger partial charge in [0.2, 0.25) is 0 Å². The molecule has 1 aromatic heterocycles. The molecule has 0 spiro atoms. The van der Waals surface area contributed by atoms with Crippen molar-refractivity contribution in [2.75, 3.05) is 19.6 Å². The van der Waals surface area contributed by atoms with E-state index in [-0.39, 0.29) is 0 Å². The highest BCUT2D eigenvalue weighted by Crippen LogP contribution is 2.11. The number of amides is 1. The molecule has 1 amide bonds. The van der Waals surface area contributed by atoms with Crippen LogP contribution in [0.1, 0.15) is 53.8 Å². The third-order valence-electron chi connectivity index (χ3n) is 4.14. The molecule has 0 aliphatic heterocycles. The second-order valence-electron chi connectivity index (χ2n) is 8.94. The molecule has 30 heavy (non-hydrogen) atoms. The lowest BCUT2D eigenvalue weighted by molar-refractivity contribution is 0.0476. The van der Waals surface area contributed by atoms with Crippen LogP contribution in [0, 0.1) is 0 Å². The molecule has 166 valence electrons. The van der Waals surface area contributed by atoms with Crippen LogP contribution in [0.2, 0.25) is 0 Å². The number of ether oxygens (including phenoxy) is 1. The molecule has 1 aromatic carbocycles. The van der Waals surface area contributed by atoms with Crippen molar-refractivity contribution in [2.24, 2.45) is 4.99 Å². The summed E-state index contributed by atoms with van der Waals surface area (Å²) in [6.45, 7) is 13.3. The smallest absolute Gasteiger partial charge is 0.408 e. The Hall–Kier alpha value is -2.77. The molecule has 0 fully saturated rings. The van der Waals surface area contributed by atoms with E-state index < -0.39 is 17.2 Å². The van der Waals surface area contributed by atoms with Crippen LogP contribution in [-0.4, -0.2) is 52.8 Å². The number of para-hydroxylation sites is 2. The largest absolute Gasteiger partial charge is 0.444 e. The first-order valence-corrected chi connectivity index (χ1v) is 10.5. The lowest BCUT2D eigenvalue weighted by Crippen LogP contribution is -2.49. The second-order valence-corrected chi connectivity index (χ2v) is 8.94. The molecular formula is C22H36N6O2. The molecule has 0 aliphatic carbocycles. The van der Waals surface area contributed by atoms with Gasteiger partial charge in [-0.2, -0.15) is 0 Å².